The number of halogens is 3. The Balaban J connectivity index is 1.34. The van der Waals surface area contributed by atoms with Crippen LogP contribution in [0.15, 0.2) is 67.0 Å². The molecule has 0 unspecified atom stereocenters. The van der Waals surface area contributed by atoms with Gasteiger partial charge in [-0.2, -0.15) is 10.1 Å². The van der Waals surface area contributed by atoms with Crippen molar-refractivity contribution >= 4 is 63.2 Å². The lowest BCUT2D eigenvalue weighted by molar-refractivity contribution is 0.0600. The van der Waals surface area contributed by atoms with E-state index in [9.17, 15) is 9.18 Å². The van der Waals surface area contributed by atoms with Crippen LogP contribution >= 0.6 is 23.2 Å². The van der Waals surface area contributed by atoms with Crippen LogP contribution in [0.1, 0.15) is 15.9 Å². The second kappa shape index (κ2) is 11.1. The highest BCUT2D eigenvalue weighted by Gasteiger charge is 2.13. The highest BCUT2D eigenvalue weighted by Crippen LogP contribution is 2.28. The van der Waals surface area contributed by atoms with E-state index in [1.807, 2.05) is 24.4 Å². The van der Waals surface area contributed by atoms with Gasteiger partial charge in [-0.1, -0.05) is 29.3 Å². The van der Waals surface area contributed by atoms with Crippen LogP contribution in [0.25, 0.3) is 10.9 Å². The van der Waals surface area contributed by atoms with Crippen LogP contribution in [0.4, 0.5) is 27.5 Å². The Labute approximate surface area is 232 Å². The Kier molecular flexibility index (Phi) is 7.49. The molecular weight excluding hydrogens is 546 g/mol. The quantitative estimate of drug-likeness (QED) is 0.202. The van der Waals surface area contributed by atoms with Gasteiger partial charge in [-0.15, -0.1) is 0 Å². The third-order valence-electron chi connectivity index (χ3n) is 5.78. The molecule has 5 rings (SSSR count). The first-order valence-electron chi connectivity index (χ1n) is 11.6. The van der Waals surface area contributed by atoms with Gasteiger partial charge in [0.25, 0.3) is 0 Å². The largest absolute Gasteiger partial charge is 0.496 e. The topological polar surface area (TPSA) is 103 Å². The number of carbonyl (C=O) groups is 1. The fourth-order valence-electron chi connectivity index (χ4n) is 3.88. The second-order valence-electron chi connectivity index (χ2n) is 8.39. The Morgan fingerprint density at radius 2 is 1.79 bits per heavy atom. The summed E-state index contributed by atoms with van der Waals surface area (Å²) in [5.74, 6) is -0.349. The maximum atomic E-state index is 14.4. The predicted molar refractivity (Wildman–Crippen MR) is 148 cm³/mol. The third-order valence-corrected chi connectivity index (χ3v) is 6.52. The average molecular weight is 567 g/mol. The summed E-state index contributed by atoms with van der Waals surface area (Å²) < 4.78 is 26.4. The van der Waals surface area contributed by atoms with Gasteiger partial charge in [0, 0.05) is 28.5 Å². The molecule has 0 radical (unpaired) electrons. The first kappa shape index (κ1) is 26.2. The number of benzene rings is 3. The average Bonchev–Trinajstić information content (AvgIpc) is 3.34. The minimum atomic E-state index is -0.629. The molecule has 0 aliphatic carbocycles. The van der Waals surface area contributed by atoms with Gasteiger partial charge in [0.2, 0.25) is 5.95 Å². The summed E-state index contributed by atoms with van der Waals surface area (Å²) in [7, 11) is 2.87. The standard InChI is InChI=1S/C27H21Cl2FN6O3/c1-38-24-9-15(26(37)39-2)3-4-17(24)14-36-13-16-5-6-19(11-23(16)35-36)33-27-31-12-22(30)25(34-27)32-18-7-8-20(28)21(29)10-18/h3-13H,14H2,1-2H3,(H2,31,32,33,34). The zero-order chi connectivity index (χ0) is 27.5. The fraction of sp³-hybridized carbons (Fsp3) is 0.111. The number of methoxy groups -OCH3 is 2. The molecule has 2 aromatic heterocycles. The molecule has 0 aliphatic rings. The van der Waals surface area contributed by atoms with E-state index in [4.69, 9.17) is 32.7 Å². The molecule has 2 N–H and O–H groups in total. The smallest absolute Gasteiger partial charge is 0.337 e. The van der Waals surface area contributed by atoms with Crippen molar-refractivity contribution in [3.05, 3.63) is 94.0 Å². The fourth-order valence-corrected chi connectivity index (χ4v) is 4.17. The van der Waals surface area contributed by atoms with Crippen LogP contribution < -0.4 is 15.4 Å². The van der Waals surface area contributed by atoms with E-state index in [1.54, 1.807) is 48.2 Å². The number of anilines is 4. The van der Waals surface area contributed by atoms with Crippen molar-refractivity contribution in [2.45, 2.75) is 6.54 Å². The number of nitrogens with zero attached hydrogens (tertiary/aromatic N) is 4. The molecule has 0 saturated heterocycles. The van der Waals surface area contributed by atoms with Gasteiger partial charge in [0.05, 0.1) is 48.1 Å². The zero-order valence-electron chi connectivity index (χ0n) is 20.7. The molecular formula is C27H21Cl2FN6O3. The van der Waals surface area contributed by atoms with Gasteiger partial charge in [-0.25, -0.2) is 14.2 Å². The predicted octanol–water partition coefficient (Wildman–Crippen LogP) is 6.60. The number of fused-ring (bicyclic) bond motifs is 1. The summed E-state index contributed by atoms with van der Waals surface area (Å²) >= 11 is 12.0. The molecule has 39 heavy (non-hydrogen) atoms. The Hall–Kier alpha value is -4.41. The van der Waals surface area contributed by atoms with E-state index in [2.05, 4.69) is 25.7 Å². The van der Waals surface area contributed by atoms with E-state index in [1.165, 1.54) is 7.11 Å². The van der Waals surface area contributed by atoms with Crippen LogP contribution in [0.2, 0.25) is 10.0 Å². The first-order chi connectivity index (χ1) is 18.8. The van der Waals surface area contributed by atoms with Gasteiger partial charge in [-0.05, 0) is 48.5 Å². The van der Waals surface area contributed by atoms with Crippen molar-refractivity contribution in [1.82, 2.24) is 19.7 Å². The first-order valence-corrected chi connectivity index (χ1v) is 12.3. The number of nitrogens with one attached hydrogen (secondary N) is 2. The zero-order valence-corrected chi connectivity index (χ0v) is 22.2. The monoisotopic (exact) mass is 566 g/mol. The van der Waals surface area contributed by atoms with Gasteiger partial charge in [-0.3, -0.25) is 4.68 Å². The molecule has 0 spiro atoms. The second-order valence-corrected chi connectivity index (χ2v) is 9.20. The molecule has 0 aliphatic heterocycles. The summed E-state index contributed by atoms with van der Waals surface area (Å²) in [6, 6.07) is 15.6. The molecule has 198 valence electrons. The number of rotatable bonds is 8. The Morgan fingerprint density at radius 1 is 1.00 bits per heavy atom. The molecule has 3 aromatic carbocycles. The summed E-state index contributed by atoms with van der Waals surface area (Å²) in [5.41, 5.74) is 3.16. The van der Waals surface area contributed by atoms with E-state index >= 15 is 0 Å². The molecule has 9 nitrogen and oxygen atoms in total. The van der Waals surface area contributed by atoms with Gasteiger partial charge in [0.1, 0.15) is 5.75 Å². The normalized spacial score (nSPS) is 10.9. The third kappa shape index (κ3) is 5.87. The minimum absolute atomic E-state index is 0.0246. The number of esters is 1. The lowest BCUT2D eigenvalue weighted by atomic mass is 10.1. The lowest BCUT2D eigenvalue weighted by Crippen LogP contribution is -2.05. The van der Waals surface area contributed by atoms with E-state index in [0.717, 1.165) is 22.7 Å². The summed E-state index contributed by atoms with van der Waals surface area (Å²) in [6.45, 7) is 0.423. The SMILES string of the molecule is COC(=O)c1ccc(Cn2cc3ccc(Nc4ncc(F)c(Nc5ccc(Cl)c(Cl)c5)n4)cc3n2)c(OC)c1. The number of carbonyl (C=O) groups excluding carboxylic acids is 1. The number of aromatic nitrogens is 4. The number of hydrogen-bond acceptors (Lipinski definition) is 8. The van der Waals surface area contributed by atoms with Crippen molar-refractivity contribution in [1.29, 1.82) is 0 Å². The van der Waals surface area contributed by atoms with Crippen LogP contribution in [0, 0.1) is 5.82 Å². The summed E-state index contributed by atoms with van der Waals surface area (Å²) in [5, 5.41) is 12.3. The van der Waals surface area contributed by atoms with Crippen LogP contribution in [0.5, 0.6) is 5.75 Å². The van der Waals surface area contributed by atoms with Gasteiger partial charge in [0.15, 0.2) is 11.6 Å². The van der Waals surface area contributed by atoms with Crippen molar-refractivity contribution in [3.63, 3.8) is 0 Å². The van der Waals surface area contributed by atoms with Crippen molar-refractivity contribution in [2.75, 3.05) is 24.9 Å². The molecule has 0 amide bonds. The van der Waals surface area contributed by atoms with E-state index in [0.29, 0.717) is 39.3 Å². The van der Waals surface area contributed by atoms with Crippen LogP contribution in [-0.2, 0) is 11.3 Å². The number of hydrogen-bond donors (Lipinski definition) is 2. The minimum Gasteiger partial charge on any atom is -0.496 e. The molecule has 0 saturated carbocycles. The summed E-state index contributed by atoms with van der Waals surface area (Å²) in [4.78, 5) is 20.1. The lowest BCUT2D eigenvalue weighted by Gasteiger charge is -2.10. The van der Waals surface area contributed by atoms with E-state index < -0.39 is 11.8 Å². The molecule has 12 heteroatoms. The Bertz CT molecular complexity index is 1690. The highest BCUT2D eigenvalue weighted by molar-refractivity contribution is 6.42. The van der Waals surface area contributed by atoms with Gasteiger partial charge < -0.3 is 20.1 Å². The van der Waals surface area contributed by atoms with Crippen molar-refractivity contribution < 1.29 is 18.7 Å². The van der Waals surface area contributed by atoms with Gasteiger partial charge >= 0.3 is 5.97 Å². The molecule has 0 bridgehead atoms. The maximum absolute atomic E-state index is 14.4. The molecule has 5 aromatic rings. The number of ether oxygens (including phenoxy) is 2. The molecule has 2 heterocycles. The summed E-state index contributed by atoms with van der Waals surface area (Å²) in [6.07, 6.45) is 2.97. The molecule has 0 atom stereocenters. The molecule has 0 fully saturated rings. The van der Waals surface area contributed by atoms with Crippen molar-refractivity contribution in [2.24, 2.45) is 0 Å². The highest BCUT2D eigenvalue weighted by atomic mass is 35.5. The maximum Gasteiger partial charge on any atom is 0.337 e. The Morgan fingerprint density at radius 3 is 2.56 bits per heavy atom. The van der Waals surface area contributed by atoms with Crippen LogP contribution in [0.3, 0.4) is 0 Å². The van der Waals surface area contributed by atoms with Crippen LogP contribution in [-0.4, -0.2) is 39.9 Å². The van der Waals surface area contributed by atoms with Crippen molar-refractivity contribution in [3.8, 4) is 5.75 Å². The van der Waals surface area contributed by atoms with E-state index in [-0.39, 0.29) is 11.8 Å².